The number of carbonyl (C=O) groups is 1. The van der Waals surface area contributed by atoms with Gasteiger partial charge in [-0.2, -0.15) is 0 Å². The van der Waals surface area contributed by atoms with Crippen molar-refractivity contribution in [2.75, 3.05) is 13.2 Å². The number of ether oxygens (including phenoxy) is 2. The molecule has 0 radical (unpaired) electrons. The number of aromatic hydroxyl groups is 1. The van der Waals surface area contributed by atoms with E-state index in [2.05, 4.69) is 0 Å². The van der Waals surface area contributed by atoms with Gasteiger partial charge in [-0.25, -0.2) is 4.79 Å². The van der Waals surface area contributed by atoms with Crippen LogP contribution in [0.5, 0.6) is 17.2 Å². The van der Waals surface area contributed by atoms with Crippen molar-refractivity contribution in [3.8, 4) is 17.2 Å². The molecular formula is C9H8O5. The van der Waals surface area contributed by atoms with Crippen molar-refractivity contribution < 1.29 is 24.5 Å². The van der Waals surface area contributed by atoms with Gasteiger partial charge in [-0.15, -0.1) is 0 Å². The molecule has 0 saturated heterocycles. The molecular weight excluding hydrogens is 188 g/mol. The van der Waals surface area contributed by atoms with Crippen molar-refractivity contribution in [1.29, 1.82) is 0 Å². The lowest BCUT2D eigenvalue weighted by atomic mass is 10.1. The molecule has 0 aromatic heterocycles. The first-order valence-electron chi connectivity index (χ1n) is 4.04. The van der Waals surface area contributed by atoms with Crippen molar-refractivity contribution in [3.05, 3.63) is 17.7 Å². The Morgan fingerprint density at radius 1 is 1.21 bits per heavy atom. The maximum Gasteiger partial charge on any atom is 0.339 e. The minimum Gasteiger partial charge on any atom is -0.507 e. The van der Waals surface area contributed by atoms with Crippen LogP contribution in [-0.4, -0.2) is 29.4 Å². The van der Waals surface area contributed by atoms with E-state index >= 15 is 0 Å². The van der Waals surface area contributed by atoms with Gasteiger partial charge in [0, 0.05) is 12.1 Å². The Hall–Kier alpha value is -1.91. The first-order valence-corrected chi connectivity index (χ1v) is 4.04. The fourth-order valence-corrected chi connectivity index (χ4v) is 1.25. The van der Waals surface area contributed by atoms with Gasteiger partial charge in [0.05, 0.1) is 0 Å². The summed E-state index contributed by atoms with van der Waals surface area (Å²) in [6.45, 7) is 0.787. The lowest BCUT2D eigenvalue weighted by Gasteiger charge is -2.18. The van der Waals surface area contributed by atoms with E-state index in [9.17, 15) is 9.90 Å². The third-order valence-electron chi connectivity index (χ3n) is 1.89. The van der Waals surface area contributed by atoms with Gasteiger partial charge in [0.25, 0.3) is 0 Å². The van der Waals surface area contributed by atoms with E-state index in [1.165, 1.54) is 12.1 Å². The third-order valence-corrected chi connectivity index (χ3v) is 1.89. The second-order valence-corrected chi connectivity index (χ2v) is 2.82. The lowest BCUT2D eigenvalue weighted by Crippen LogP contribution is -2.15. The average molecular weight is 196 g/mol. The number of phenols is 1. The van der Waals surface area contributed by atoms with Crippen LogP contribution in [0.25, 0.3) is 0 Å². The second kappa shape index (κ2) is 3.10. The van der Waals surface area contributed by atoms with Gasteiger partial charge in [-0.1, -0.05) is 0 Å². The molecule has 5 heteroatoms. The zero-order valence-electron chi connectivity index (χ0n) is 7.19. The number of rotatable bonds is 1. The Morgan fingerprint density at radius 2 is 1.79 bits per heavy atom. The Labute approximate surface area is 79.5 Å². The summed E-state index contributed by atoms with van der Waals surface area (Å²) < 4.78 is 10.3. The van der Waals surface area contributed by atoms with Gasteiger partial charge < -0.3 is 19.7 Å². The molecule has 14 heavy (non-hydrogen) atoms. The Kier molecular flexibility index (Phi) is 1.92. The van der Waals surface area contributed by atoms with Gasteiger partial charge in [0.1, 0.15) is 24.5 Å². The van der Waals surface area contributed by atoms with E-state index in [1.54, 1.807) is 0 Å². The average Bonchev–Trinajstić information content (AvgIpc) is 2.16. The van der Waals surface area contributed by atoms with Crippen molar-refractivity contribution in [2.24, 2.45) is 0 Å². The molecule has 1 heterocycles. The molecule has 0 fully saturated rings. The normalized spacial score (nSPS) is 13.7. The van der Waals surface area contributed by atoms with E-state index in [4.69, 9.17) is 14.6 Å². The van der Waals surface area contributed by atoms with E-state index in [-0.39, 0.29) is 11.3 Å². The maximum atomic E-state index is 10.7. The van der Waals surface area contributed by atoms with Crippen LogP contribution >= 0.6 is 0 Å². The smallest absolute Gasteiger partial charge is 0.339 e. The molecule has 0 amide bonds. The van der Waals surface area contributed by atoms with Crippen molar-refractivity contribution in [2.45, 2.75) is 0 Å². The Bertz CT molecular complexity index is 385. The fourth-order valence-electron chi connectivity index (χ4n) is 1.25. The number of benzene rings is 1. The number of hydrogen-bond acceptors (Lipinski definition) is 4. The highest BCUT2D eigenvalue weighted by Gasteiger charge is 2.18. The summed E-state index contributed by atoms with van der Waals surface area (Å²) >= 11 is 0. The first-order chi connectivity index (χ1) is 6.68. The van der Waals surface area contributed by atoms with E-state index in [0.29, 0.717) is 24.7 Å². The molecule has 1 aliphatic rings. The van der Waals surface area contributed by atoms with Gasteiger partial charge in [0.2, 0.25) is 0 Å². The van der Waals surface area contributed by atoms with E-state index < -0.39 is 5.97 Å². The largest absolute Gasteiger partial charge is 0.507 e. The Balaban J connectivity index is 2.50. The van der Waals surface area contributed by atoms with Crippen molar-refractivity contribution in [3.63, 3.8) is 0 Å². The van der Waals surface area contributed by atoms with Crippen LogP contribution in [0.2, 0.25) is 0 Å². The minimum absolute atomic E-state index is 0.186. The number of carboxylic acid groups (broad SMARTS) is 1. The highest BCUT2D eigenvalue weighted by atomic mass is 16.6. The highest BCUT2D eigenvalue weighted by Crippen LogP contribution is 2.35. The quantitative estimate of drug-likeness (QED) is 0.696. The van der Waals surface area contributed by atoms with Crippen LogP contribution in [-0.2, 0) is 0 Å². The summed E-state index contributed by atoms with van der Waals surface area (Å²) in [5, 5.41) is 18.0. The van der Waals surface area contributed by atoms with Crippen LogP contribution in [0.1, 0.15) is 10.4 Å². The summed E-state index contributed by atoms with van der Waals surface area (Å²) in [5.74, 6) is -0.786. The van der Waals surface area contributed by atoms with Crippen LogP contribution < -0.4 is 9.47 Å². The SMILES string of the molecule is O=C(O)c1cc2c(cc1O)OCCO2. The first kappa shape index (κ1) is 8.68. The van der Waals surface area contributed by atoms with Crippen LogP contribution in [0.3, 0.4) is 0 Å². The fraction of sp³-hybridized carbons (Fsp3) is 0.222. The zero-order valence-corrected chi connectivity index (χ0v) is 7.19. The minimum atomic E-state index is -1.19. The van der Waals surface area contributed by atoms with Gasteiger partial charge >= 0.3 is 5.97 Å². The monoisotopic (exact) mass is 196 g/mol. The highest BCUT2D eigenvalue weighted by molar-refractivity contribution is 5.91. The van der Waals surface area contributed by atoms with Crippen molar-refractivity contribution >= 4 is 5.97 Å². The van der Waals surface area contributed by atoms with Crippen LogP contribution in [0.15, 0.2) is 12.1 Å². The predicted octanol–water partition coefficient (Wildman–Crippen LogP) is 0.862. The number of carboxylic acids is 1. The molecule has 1 aliphatic heterocycles. The molecule has 74 valence electrons. The molecule has 0 bridgehead atoms. The molecule has 2 rings (SSSR count). The summed E-state index contributed by atoms with van der Waals surface area (Å²) in [4.78, 5) is 10.7. The zero-order chi connectivity index (χ0) is 10.1. The lowest BCUT2D eigenvalue weighted by molar-refractivity contribution is 0.0692. The van der Waals surface area contributed by atoms with Crippen molar-refractivity contribution in [1.82, 2.24) is 0 Å². The maximum absolute atomic E-state index is 10.7. The second-order valence-electron chi connectivity index (χ2n) is 2.82. The molecule has 0 spiro atoms. The predicted molar refractivity (Wildman–Crippen MR) is 46.1 cm³/mol. The molecule has 0 saturated carbocycles. The van der Waals surface area contributed by atoms with Gasteiger partial charge in [0.15, 0.2) is 11.5 Å². The molecule has 1 aromatic carbocycles. The molecule has 0 unspecified atom stereocenters. The standard InChI is InChI=1S/C9H8O5/c10-6-4-8-7(13-1-2-14-8)3-5(6)9(11)12/h3-4,10H,1-2H2,(H,11,12). The van der Waals surface area contributed by atoms with Gasteiger partial charge in [-0.05, 0) is 0 Å². The summed E-state index contributed by atoms with van der Waals surface area (Å²) in [6.07, 6.45) is 0. The molecule has 2 N–H and O–H groups in total. The molecule has 1 aromatic rings. The molecule has 0 aliphatic carbocycles. The summed E-state index contributed by atoms with van der Waals surface area (Å²) in [7, 11) is 0. The number of hydrogen-bond donors (Lipinski definition) is 2. The topological polar surface area (TPSA) is 76.0 Å². The molecule has 5 nitrogen and oxygen atoms in total. The third kappa shape index (κ3) is 1.32. The Morgan fingerprint density at radius 3 is 2.36 bits per heavy atom. The van der Waals surface area contributed by atoms with Gasteiger partial charge in [-0.3, -0.25) is 0 Å². The van der Waals surface area contributed by atoms with E-state index in [1.807, 2.05) is 0 Å². The summed E-state index contributed by atoms with van der Waals surface area (Å²) in [5.41, 5.74) is -0.186. The van der Waals surface area contributed by atoms with Crippen LogP contribution in [0.4, 0.5) is 0 Å². The molecule has 0 atom stereocenters. The van der Waals surface area contributed by atoms with E-state index in [0.717, 1.165) is 0 Å². The summed E-state index contributed by atoms with van der Waals surface area (Å²) in [6, 6.07) is 2.50. The number of aromatic carboxylic acids is 1. The van der Waals surface area contributed by atoms with Crippen LogP contribution in [0, 0.1) is 0 Å². The number of fused-ring (bicyclic) bond motifs is 1.